The maximum Gasteiger partial charge on any atom is 0.226 e. The van der Waals surface area contributed by atoms with Crippen molar-refractivity contribution in [1.82, 2.24) is 14.9 Å². The summed E-state index contributed by atoms with van der Waals surface area (Å²) in [6.07, 6.45) is 11.2. The molecule has 0 unspecified atom stereocenters. The molecule has 32 heavy (non-hydrogen) atoms. The zero-order chi connectivity index (χ0) is 21.7. The first-order valence-corrected chi connectivity index (χ1v) is 12.4. The Balaban J connectivity index is 1.12. The van der Waals surface area contributed by atoms with Crippen LogP contribution in [0.5, 0.6) is 0 Å². The first kappa shape index (κ1) is 20.3. The molecule has 4 saturated carbocycles. The van der Waals surface area contributed by atoms with Crippen LogP contribution in [0.15, 0.2) is 30.6 Å². The molecule has 5 heteroatoms. The van der Waals surface area contributed by atoms with Gasteiger partial charge in [-0.2, -0.15) is 0 Å². The van der Waals surface area contributed by atoms with Crippen LogP contribution < -0.4 is 5.32 Å². The van der Waals surface area contributed by atoms with Gasteiger partial charge in [0.1, 0.15) is 12.1 Å². The summed E-state index contributed by atoms with van der Waals surface area (Å²) in [5.74, 6) is 3.54. The molecule has 0 spiro atoms. The van der Waals surface area contributed by atoms with Gasteiger partial charge in [-0.25, -0.2) is 9.97 Å². The number of hydrogen-bond acceptors (Lipinski definition) is 4. The number of benzene rings is 1. The molecule has 0 saturated heterocycles. The number of nitrogens with zero attached hydrogens (tertiary/aromatic N) is 3. The number of hydrogen-bond donors (Lipinski definition) is 1. The molecule has 1 aromatic heterocycles. The van der Waals surface area contributed by atoms with Crippen LogP contribution in [0.3, 0.4) is 0 Å². The molecular weight excluding hydrogens is 396 g/mol. The van der Waals surface area contributed by atoms with Gasteiger partial charge in [-0.15, -0.1) is 0 Å². The lowest BCUT2D eigenvalue weighted by Crippen LogP contribution is -2.47. The van der Waals surface area contributed by atoms with Crippen molar-refractivity contribution in [2.24, 2.45) is 23.2 Å². The standard InChI is InChI=1S/C27H34N4O/c1-18-3-2-4-19(7-18)15-31-6-5-23-24(16-31)28-17-29-26(23)30-25(32)14-27-11-20-8-21(12-27)10-22(9-20)13-27/h2-4,7,17,20-22H,5-6,8-16H2,1H3,(H,28,29,30,32). The van der Waals surface area contributed by atoms with Crippen LogP contribution in [-0.4, -0.2) is 27.3 Å². The molecule has 1 aliphatic heterocycles. The van der Waals surface area contributed by atoms with Crippen molar-refractivity contribution in [3.8, 4) is 0 Å². The number of carbonyl (C=O) groups excluding carboxylic acids is 1. The number of nitrogens with one attached hydrogen (secondary N) is 1. The molecule has 0 radical (unpaired) electrons. The van der Waals surface area contributed by atoms with Crippen LogP contribution >= 0.6 is 0 Å². The molecule has 1 N–H and O–H groups in total. The van der Waals surface area contributed by atoms with Gasteiger partial charge >= 0.3 is 0 Å². The van der Waals surface area contributed by atoms with Crippen LogP contribution in [-0.2, 0) is 24.3 Å². The maximum absolute atomic E-state index is 13.1. The molecule has 5 aliphatic rings. The third kappa shape index (κ3) is 3.96. The highest BCUT2D eigenvalue weighted by atomic mass is 16.1. The fourth-order valence-electron chi connectivity index (χ4n) is 7.74. The molecule has 4 bridgehead atoms. The normalized spacial score (nSPS) is 30.8. The van der Waals surface area contributed by atoms with Gasteiger partial charge in [-0.1, -0.05) is 29.8 Å². The molecule has 4 aliphatic carbocycles. The third-order valence-corrected chi connectivity index (χ3v) is 8.53. The highest BCUT2D eigenvalue weighted by molar-refractivity contribution is 5.91. The van der Waals surface area contributed by atoms with Gasteiger partial charge in [0.05, 0.1) is 5.69 Å². The van der Waals surface area contributed by atoms with E-state index in [0.717, 1.165) is 60.9 Å². The smallest absolute Gasteiger partial charge is 0.226 e. The van der Waals surface area contributed by atoms with Crippen molar-refractivity contribution in [2.45, 2.75) is 71.4 Å². The fraction of sp³-hybridized carbons (Fsp3) is 0.593. The van der Waals surface area contributed by atoms with E-state index in [9.17, 15) is 4.79 Å². The van der Waals surface area contributed by atoms with Crippen LogP contribution in [0.4, 0.5) is 5.82 Å². The molecular formula is C27H34N4O. The SMILES string of the molecule is Cc1cccc(CN2CCc3c(ncnc3NC(=O)CC34CC5CC(CC(C5)C3)C4)C2)c1. The van der Waals surface area contributed by atoms with Gasteiger partial charge in [0, 0.05) is 31.6 Å². The average Bonchev–Trinajstić information content (AvgIpc) is 2.72. The van der Waals surface area contributed by atoms with Crippen molar-refractivity contribution < 1.29 is 4.79 Å². The summed E-state index contributed by atoms with van der Waals surface area (Å²) in [7, 11) is 0. The Morgan fingerprint density at radius 2 is 1.88 bits per heavy atom. The molecule has 5 nitrogen and oxygen atoms in total. The summed E-state index contributed by atoms with van der Waals surface area (Å²) < 4.78 is 0. The Labute approximate surface area is 191 Å². The molecule has 168 valence electrons. The van der Waals surface area contributed by atoms with Crippen molar-refractivity contribution in [3.05, 3.63) is 53.0 Å². The highest BCUT2D eigenvalue weighted by Gasteiger charge is 2.51. The minimum absolute atomic E-state index is 0.162. The predicted octanol–water partition coefficient (Wildman–Crippen LogP) is 4.89. The van der Waals surface area contributed by atoms with Gasteiger partial charge in [0.25, 0.3) is 0 Å². The van der Waals surface area contributed by atoms with Crippen molar-refractivity contribution >= 4 is 11.7 Å². The van der Waals surface area contributed by atoms with E-state index >= 15 is 0 Å². The summed E-state index contributed by atoms with van der Waals surface area (Å²) in [4.78, 5) is 24.6. The Hall–Kier alpha value is -2.27. The monoisotopic (exact) mass is 430 g/mol. The maximum atomic E-state index is 13.1. The van der Waals surface area contributed by atoms with Gasteiger partial charge in [-0.05, 0) is 80.6 Å². The summed E-state index contributed by atoms with van der Waals surface area (Å²) >= 11 is 0. The van der Waals surface area contributed by atoms with E-state index in [0.29, 0.717) is 6.42 Å². The molecule has 2 aromatic rings. The molecule has 4 fully saturated rings. The Morgan fingerprint density at radius 3 is 2.59 bits per heavy atom. The van der Waals surface area contributed by atoms with E-state index in [-0.39, 0.29) is 11.3 Å². The second kappa shape index (κ2) is 7.95. The van der Waals surface area contributed by atoms with Crippen LogP contribution in [0.25, 0.3) is 0 Å². The molecule has 1 amide bonds. The lowest BCUT2D eigenvalue weighted by molar-refractivity contribution is -0.124. The highest BCUT2D eigenvalue weighted by Crippen LogP contribution is 2.61. The van der Waals surface area contributed by atoms with Gasteiger partial charge in [0.2, 0.25) is 5.91 Å². The fourth-order valence-corrected chi connectivity index (χ4v) is 7.74. The van der Waals surface area contributed by atoms with Crippen molar-refractivity contribution in [2.75, 3.05) is 11.9 Å². The number of amides is 1. The summed E-state index contributed by atoms with van der Waals surface area (Å²) in [6, 6.07) is 8.72. The van der Waals surface area contributed by atoms with E-state index in [1.165, 1.54) is 49.7 Å². The predicted molar refractivity (Wildman–Crippen MR) is 125 cm³/mol. The quantitative estimate of drug-likeness (QED) is 0.734. The van der Waals surface area contributed by atoms with E-state index in [1.807, 2.05) is 0 Å². The second-order valence-electron chi connectivity index (χ2n) is 11.2. The number of anilines is 1. The molecule has 2 heterocycles. The molecule has 7 rings (SSSR count). The van der Waals surface area contributed by atoms with Crippen LogP contribution in [0.1, 0.15) is 67.3 Å². The summed E-state index contributed by atoms with van der Waals surface area (Å²) in [5.41, 5.74) is 5.09. The third-order valence-electron chi connectivity index (χ3n) is 8.53. The van der Waals surface area contributed by atoms with Gasteiger partial charge in [0.15, 0.2) is 0 Å². The molecule has 0 atom stereocenters. The van der Waals surface area contributed by atoms with Crippen LogP contribution in [0.2, 0.25) is 0 Å². The van der Waals surface area contributed by atoms with Crippen molar-refractivity contribution in [1.29, 1.82) is 0 Å². The minimum Gasteiger partial charge on any atom is -0.310 e. The number of aromatic nitrogens is 2. The van der Waals surface area contributed by atoms with Crippen molar-refractivity contribution in [3.63, 3.8) is 0 Å². The Kier molecular flexibility index (Phi) is 5.05. The first-order chi connectivity index (χ1) is 15.5. The lowest BCUT2D eigenvalue weighted by Gasteiger charge is -2.56. The number of rotatable bonds is 5. The Bertz CT molecular complexity index is 997. The second-order valence-corrected chi connectivity index (χ2v) is 11.2. The van der Waals surface area contributed by atoms with E-state index in [1.54, 1.807) is 6.33 Å². The van der Waals surface area contributed by atoms with Gasteiger partial charge in [-0.3, -0.25) is 9.69 Å². The summed E-state index contributed by atoms with van der Waals surface area (Å²) in [6.45, 7) is 4.84. The van der Waals surface area contributed by atoms with Crippen LogP contribution in [0, 0.1) is 30.1 Å². The number of aryl methyl sites for hydroxylation is 1. The Morgan fingerprint density at radius 1 is 1.12 bits per heavy atom. The van der Waals surface area contributed by atoms with E-state index in [2.05, 4.69) is 51.4 Å². The first-order valence-electron chi connectivity index (χ1n) is 12.4. The number of fused-ring (bicyclic) bond motifs is 1. The summed E-state index contributed by atoms with van der Waals surface area (Å²) in [5, 5.41) is 3.21. The van der Waals surface area contributed by atoms with E-state index in [4.69, 9.17) is 0 Å². The van der Waals surface area contributed by atoms with E-state index < -0.39 is 0 Å². The number of carbonyl (C=O) groups is 1. The zero-order valence-corrected chi connectivity index (χ0v) is 19.1. The largest absolute Gasteiger partial charge is 0.310 e. The minimum atomic E-state index is 0.162. The zero-order valence-electron chi connectivity index (χ0n) is 19.1. The average molecular weight is 431 g/mol. The van der Waals surface area contributed by atoms with Gasteiger partial charge < -0.3 is 5.32 Å². The lowest BCUT2D eigenvalue weighted by atomic mass is 9.49. The topological polar surface area (TPSA) is 58.1 Å². The molecule has 1 aromatic carbocycles.